The van der Waals surface area contributed by atoms with Gasteiger partial charge in [0.1, 0.15) is 6.10 Å². The van der Waals surface area contributed by atoms with E-state index in [2.05, 4.69) is 4.74 Å². The van der Waals surface area contributed by atoms with E-state index in [1.54, 1.807) is 6.92 Å². The van der Waals surface area contributed by atoms with Gasteiger partial charge in [-0.25, -0.2) is 4.79 Å². The van der Waals surface area contributed by atoms with Gasteiger partial charge in [-0.15, -0.1) is 0 Å². The first-order chi connectivity index (χ1) is 6.80. The van der Waals surface area contributed by atoms with Crippen molar-refractivity contribution in [1.82, 2.24) is 0 Å². The van der Waals surface area contributed by atoms with Gasteiger partial charge in [0, 0.05) is 6.04 Å². The summed E-state index contributed by atoms with van der Waals surface area (Å²) in [5.74, 6) is -2.21. The van der Waals surface area contributed by atoms with Crippen LogP contribution in [0.25, 0.3) is 0 Å². The quantitative estimate of drug-likeness (QED) is 0.690. The van der Waals surface area contributed by atoms with Crippen molar-refractivity contribution in [2.24, 2.45) is 11.7 Å². The Morgan fingerprint density at radius 1 is 1.40 bits per heavy atom. The minimum absolute atomic E-state index is 0.000777. The molecule has 15 heavy (non-hydrogen) atoms. The van der Waals surface area contributed by atoms with E-state index < -0.39 is 18.2 Å². The van der Waals surface area contributed by atoms with E-state index in [0.29, 0.717) is 19.3 Å². The van der Waals surface area contributed by atoms with Crippen LogP contribution in [0.15, 0.2) is 0 Å². The average Bonchev–Trinajstić information content (AvgIpc) is 2.08. The molecule has 0 spiro atoms. The van der Waals surface area contributed by atoms with Gasteiger partial charge in [0.15, 0.2) is 0 Å². The first-order valence-electron chi connectivity index (χ1n) is 4.84. The Labute approximate surface area is 85.8 Å². The van der Waals surface area contributed by atoms with Crippen molar-refractivity contribution < 1.29 is 22.7 Å². The van der Waals surface area contributed by atoms with Gasteiger partial charge in [0.2, 0.25) is 0 Å². The van der Waals surface area contributed by atoms with Gasteiger partial charge in [-0.1, -0.05) is 6.92 Å². The first kappa shape index (κ1) is 12.3. The van der Waals surface area contributed by atoms with Gasteiger partial charge in [-0.05, 0) is 25.2 Å². The van der Waals surface area contributed by atoms with Crippen LogP contribution in [-0.4, -0.2) is 24.3 Å². The van der Waals surface area contributed by atoms with Crippen molar-refractivity contribution in [3.05, 3.63) is 0 Å². The lowest BCUT2D eigenvalue weighted by molar-refractivity contribution is -0.208. The maximum atomic E-state index is 11.9. The molecule has 2 N–H and O–H groups in total. The van der Waals surface area contributed by atoms with Crippen LogP contribution in [0.1, 0.15) is 26.2 Å². The van der Waals surface area contributed by atoms with E-state index in [1.165, 1.54) is 0 Å². The van der Waals surface area contributed by atoms with Crippen molar-refractivity contribution in [1.29, 1.82) is 0 Å². The van der Waals surface area contributed by atoms with Gasteiger partial charge in [0.05, 0.1) is 0 Å². The van der Waals surface area contributed by atoms with Crippen LogP contribution in [0.2, 0.25) is 0 Å². The molecule has 1 aliphatic rings. The molecule has 3 atom stereocenters. The van der Waals surface area contributed by atoms with Crippen LogP contribution in [0.3, 0.4) is 0 Å². The topological polar surface area (TPSA) is 52.3 Å². The smallest absolute Gasteiger partial charge is 0.455 e. The summed E-state index contributed by atoms with van der Waals surface area (Å²) < 4.78 is 40.1. The number of carbonyl (C=O) groups is 1. The molecule has 0 bridgehead atoms. The Bertz CT molecular complexity index is 242. The first-order valence-corrected chi connectivity index (χ1v) is 4.84. The normalized spacial score (nSPS) is 32.5. The van der Waals surface area contributed by atoms with Crippen LogP contribution in [0.4, 0.5) is 13.2 Å². The molecule has 0 aromatic carbocycles. The summed E-state index contributed by atoms with van der Waals surface area (Å²) in [4.78, 5) is 10.6. The highest BCUT2D eigenvalue weighted by Crippen LogP contribution is 2.28. The van der Waals surface area contributed by atoms with E-state index >= 15 is 0 Å². The molecule has 0 saturated heterocycles. The molecular weight excluding hydrogens is 211 g/mol. The number of hydrogen-bond acceptors (Lipinski definition) is 3. The van der Waals surface area contributed by atoms with E-state index in [0.717, 1.165) is 0 Å². The number of esters is 1. The van der Waals surface area contributed by atoms with Gasteiger partial charge >= 0.3 is 12.1 Å². The number of alkyl halides is 3. The van der Waals surface area contributed by atoms with Crippen molar-refractivity contribution in [3.63, 3.8) is 0 Å². The zero-order valence-corrected chi connectivity index (χ0v) is 8.38. The van der Waals surface area contributed by atoms with Gasteiger partial charge in [0.25, 0.3) is 0 Å². The van der Waals surface area contributed by atoms with E-state index in [-0.39, 0.29) is 12.0 Å². The highest BCUT2D eigenvalue weighted by molar-refractivity contribution is 5.75. The fourth-order valence-electron chi connectivity index (χ4n) is 1.79. The molecule has 0 aromatic heterocycles. The predicted octanol–water partition coefficient (Wildman–Crippen LogP) is 1.61. The Kier molecular flexibility index (Phi) is 3.59. The SMILES string of the molecule is C[C@H]1C[C@@H](N)CC[C@@H]1OC(=O)C(F)(F)F. The molecule has 88 valence electrons. The number of nitrogens with two attached hydrogens (primary N) is 1. The molecule has 1 fully saturated rings. The molecule has 1 rings (SSSR count). The largest absolute Gasteiger partial charge is 0.490 e. The van der Waals surface area contributed by atoms with Crippen LogP contribution in [-0.2, 0) is 9.53 Å². The third-order valence-corrected chi connectivity index (χ3v) is 2.62. The number of rotatable bonds is 1. The number of halogens is 3. The molecule has 0 amide bonds. The summed E-state index contributed by atoms with van der Waals surface area (Å²) in [6.07, 6.45) is -3.96. The molecule has 1 saturated carbocycles. The third kappa shape index (κ3) is 3.37. The molecular formula is C9H14F3NO2. The fraction of sp³-hybridized carbons (Fsp3) is 0.889. The van der Waals surface area contributed by atoms with Crippen molar-refractivity contribution in [2.45, 2.75) is 44.5 Å². The van der Waals surface area contributed by atoms with Crippen molar-refractivity contribution in [3.8, 4) is 0 Å². The van der Waals surface area contributed by atoms with E-state index in [9.17, 15) is 18.0 Å². The molecule has 0 aliphatic heterocycles. The molecule has 0 unspecified atom stereocenters. The summed E-state index contributed by atoms with van der Waals surface area (Å²) in [7, 11) is 0. The van der Waals surface area contributed by atoms with Gasteiger partial charge in [-0.3, -0.25) is 0 Å². The maximum absolute atomic E-state index is 11.9. The average molecular weight is 225 g/mol. The molecule has 0 aromatic rings. The standard InChI is InChI=1S/C9H14F3NO2/c1-5-4-6(13)2-3-7(5)15-8(14)9(10,11)12/h5-7H,2-4,13H2,1H3/t5-,6-,7-/m0/s1. The number of hydrogen-bond donors (Lipinski definition) is 1. The second-order valence-electron chi connectivity index (χ2n) is 3.99. The van der Waals surface area contributed by atoms with Crippen LogP contribution < -0.4 is 5.73 Å². The monoisotopic (exact) mass is 225 g/mol. The second-order valence-corrected chi connectivity index (χ2v) is 3.99. The molecule has 1 aliphatic carbocycles. The summed E-state index contributed by atoms with van der Waals surface area (Å²) in [5.41, 5.74) is 5.64. The molecule has 6 heteroatoms. The lowest BCUT2D eigenvalue weighted by Crippen LogP contribution is -2.40. The van der Waals surface area contributed by atoms with E-state index in [1.807, 2.05) is 0 Å². The fourth-order valence-corrected chi connectivity index (χ4v) is 1.79. The highest BCUT2D eigenvalue weighted by Gasteiger charge is 2.43. The van der Waals surface area contributed by atoms with Gasteiger partial charge in [-0.2, -0.15) is 13.2 Å². The Balaban J connectivity index is 2.49. The summed E-state index contributed by atoms with van der Waals surface area (Å²) in [5, 5.41) is 0. The summed E-state index contributed by atoms with van der Waals surface area (Å²) >= 11 is 0. The van der Waals surface area contributed by atoms with Crippen LogP contribution in [0, 0.1) is 5.92 Å². The Hall–Kier alpha value is -0.780. The third-order valence-electron chi connectivity index (χ3n) is 2.62. The predicted molar refractivity (Wildman–Crippen MR) is 46.9 cm³/mol. The molecule has 0 radical (unpaired) electrons. The van der Waals surface area contributed by atoms with E-state index in [4.69, 9.17) is 5.73 Å². The van der Waals surface area contributed by atoms with Crippen LogP contribution >= 0.6 is 0 Å². The summed E-state index contributed by atoms with van der Waals surface area (Å²) in [6, 6.07) is 0.000777. The number of carbonyl (C=O) groups excluding carboxylic acids is 1. The molecule has 3 nitrogen and oxygen atoms in total. The lowest BCUT2D eigenvalue weighted by Gasteiger charge is -2.31. The van der Waals surface area contributed by atoms with Gasteiger partial charge < -0.3 is 10.5 Å². The molecule has 0 heterocycles. The Morgan fingerprint density at radius 3 is 2.47 bits per heavy atom. The minimum atomic E-state index is -4.90. The maximum Gasteiger partial charge on any atom is 0.490 e. The highest BCUT2D eigenvalue weighted by atomic mass is 19.4. The lowest BCUT2D eigenvalue weighted by atomic mass is 9.85. The van der Waals surface area contributed by atoms with Crippen LogP contribution in [0.5, 0.6) is 0 Å². The summed E-state index contributed by atoms with van der Waals surface area (Å²) in [6.45, 7) is 1.74. The zero-order valence-electron chi connectivity index (χ0n) is 8.38. The zero-order chi connectivity index (χ0) is 11.6. The Morgan fingerprint density at radius 2 is 2.00 bits per heavy atom. The van der Waals surface area contributed by atoms with Crippen molar-refractivity contribution in [2.75, 3.05) is 0 Å². The second kappa shape index (κ2) is 4.38. The minimum Gasteiger partial charge on any atom is -0.455 e. The number of ether oxygens (including phenoxy) is 1. The van der Waals surface area contributed by atoms with Crippen molar-refractivity contribution >= 4 is 5.97 Å².